The molecule has 8 heteroatoms. The minimum Gasteiger partial charge on any atom is -0.337 e. The van der Waals surface area contributed by atoms with Crippen LogP contribution in [0.4, 0.5) is 13.2 Å². The summed E-state index contributed by atoms with van der Waals surface area (Å²) >= 11 is 0. The van der Waals surface area contributed by atoms with Crippen molar-refractivity contribution in [2.45, 2.75) is 0 Å². The molecule has 0 radical (unpaired) electrons. The third-order valence-corrected chi connectivity index (χ3v) is 5.74. The highest BCUT2D eigenvalue weighted by Crippen LogP contribution is 2.36. The van der Waals surface area contributed by atoms with Crippen LogP contribution in [0.25, 0.3) is 55.1 Å². The van der Waals surface area contributed by atoms with Crippen molar-refractivity contribution in [3.8, 4) is 22.5 Å². The zero-order chi connectivity index (χ0) is 22.7. The molecule has 0 aliphatic heterocycles. The molecule has 160 valence electrons. The van der Waals surface area contributed by atoms with Crippen LogP contribution in [-0.4, -0.2) is 19.9 Å². The van der Waals surface area contributed by atoms with E-state index in [0.717, 1.165) is 17.7 Å². The lowest BCUT2D eigenvalue weighted by Gasteiger charge is -2.08. The van der Waals surface area contributed by atoms with Gasteiger partial charge in [0, 0.05) is 28.7 Å². The molecule has 0 spiro atoms. The lowest BCUT2D eigenvalue weighted by atomic mass is 9.97. The molecule has 0 atom stereocenters. The van der Waals surface area contributed by atoms with Crippen LogP contribution in [0.3, 0.4) is 0 Å². The number of rotatable bonds is 2. The van der Waals surface area contributed by atoms with Crippen LogP contribution >= 0.6 is 0 Å². The first kappa shape index (κ1) is 19.2. The number of halogens is 3. The Morgan fingerprint density at radius 3 is 2.36 bits per heavy atom. The maximum absolute atomic E-state index is 14.4. The zero-order valence-corrected chi connectivity index (χ0v) is 16.8. The molecule has 3 heterocycles. The van der Waals surface area contributed by atoms with Crippen LogP contribution in [0.5, 0.6) is 0 Å². The molecular formula is C25H13F3N4O. The number of aromatic nitrogens is 4. The van der Waals surface area contributed by atoms with Crippen molar-refractivity contribution in [3.63, 3.8) is 0 Å². The van der Waals surface area contributed by atoms with Gasteiger partial charge in [-0.15, -0.1) is 0 Å². The van der Waals surface area contributed by atoms with Gasteiger partial charge in [0.1, 0.15) is 17.5 Å². The number of benzene rings is 3. The highest BCUT2D eigenvalue weighted by molar-refractivity contribution is 6.23. The molecular weight excluding hydrogens is 429 g/mol. The van der Waals surface area contributed by atoms with Crippen molar-refractivity contribution in [1.29, 1.82) is 0 Å². The molecule has 6 aromatic rings. The highest BCUT2D eigenvalue weighted by atomic mass is 19.1. The van der Waals surface area contributed by atoms with Crippen molar-refractivity contribution >= 4 is 32.6 Å². The number of aromatic amines is 2. The molecule has 0 unspecified atom stereocenters. The normalized spacial score (nSPS) is 11.6. The summed E-state index contributed by atoms with van der Waals surface area (Å²) in [6.45, 7) is 0. The SMILES string of the molecule is O=c1[nH]ccc2c3[nH]c(-c4c(F)cccc4F)nc3c3ccc(-c4ccc(F)nc4)cc3c12. The van der Waals surface area contributed by atoms with Gasteiger partial charge < -0.3 is 9.97 Å². The Balaban J connectivity index is 1.73. The number of nitrogens with zero attached hydrogens (tertiary/aromatic N) is 2. The Bertz CT molecular complexity index is 1750. The second kappa shape index (κ2) is 7.03. The van der Waals surface area contributed by atoms with E-state index in [-0.39, 0.29) is 16.9 Å². The average molecular weight is 442 g/mol. The van der Waals surface area contributed by atoms with Crippen LogP contribution < -0.4 is 5.56 Å². The van der Waals surface area contributed by atoms with Gasteiger partial charge in [-0.3, -0.25) is 4.79 Å². The van der Waals surface area contributed by atoms with Crippen molar-refractivity contribution in [2.24, 2.45) is 0 Å². The third-order valence-electron chi connectivity index (χ3n) is 5.74. The van der Waals surface area contributed by atoms with E-state index in [4.69, 9.17) is 0 Å². The summed E-state index contributed by atoms with van der Waals surface area (Å²) in [5, 5.41) is 2.20. The summed E-state index contributed by atoms with van der Waals surface area (Å²) < 4.78 is 42.1. The van der Waals surface area contributed by atoms with Crippen molar-refractivity contribution in [3.05, 3.63) is 94.9 Å². The van der Waals surface area contributed by atoms with E-state index < -0.39 is 17.6 Å². The van der Waals surface area contributed by atoms with Crippen LogP contribution in [0, 0.1) is 17.6 Å². The average Bonchev–Trinajstić information content (AvgIpc) is 3.24. The summed E-state index contributed by atoms with van der Waals surface area (Å²) in [6.07, 6.45) is 2.92. The number of fused-ring (bicyclic) bond motifs is 6. The summed E-state index contributed by atoms with van der Waals surface area (Å²) in [5.74, 6) is -2.05. The fraction of sp³-hybridized carbons (Fsp3) is 0. The second-order valence-electron chi connectivity index (χ2n) is 7.63. The third kappa shape index (κ3) is 2.91. The molecule has 0 aliphatic rings. The maximum Gasteiger partial charge on any atom is 0.256 e. The Kier molecular flexibility index (Phi) is 4.10. The molecule has 0 saturated carbocycles. The monoisotopic (exact) mass is 442 g/mol. The van der Waals surface area contributed by atoms with Gasteiger partial charge in [-0.25, -0.2) is 18.7 Å². The first-order chi connectivity index (χ1) is 16.0. The second-order valence-corrected chi connectivity index (χ2v) is 7.63. The van der Waals surface area contributed by atoms with Gasteiger partial charge in [-0.05, 0) is 47.3 Å². The molecule has 2 N–H and O–H groups in total. The molecule has 3 aromatic heterocycles. The van der Waals surface area contributed by atoms with Gasteiger partial charge >= 0.3 is 0 Å². The first-order valence-corrected chi connectivity index (χ1v) is 10.0. The summed E-state index contributed by atoms with van der Waals surface area (Å²) in [6, 6.07) is 13.6. The van der Waals surface area contributed by atoms with E-state index in [0.29, 0.717) is 38.1 Å². The predicted octanol–water partition coefficient (Wildman–Crippen LogP) is 5.70. The zero-order valence-electron chi connectivity index (χ0n) is 16.8. The van der Waals surface area contributed by atoms with Gasteiger partial charge in [-0.1, -0.05) is 18.2 Å². The Labute approximate surface area is 183 Å². The van der Waals surface area contributed by atoms with Crippen molar-refractivity contribution in [2.75, 3.05) is 0 Å². The van der Waals surface area contributed by atoms with E-state index >= 15 is 0 Å². The van der Waals surface area contributed by atoms with Crippen molar-refractivity contribution in [1.82, 2.24) is 19.9 Å². The van der Waals surface area contributed by atoms with Crippen LogP contribution in [0.2, 0.25) is 0 Å². The molecule has 5 nitrogen and oxygen atoms in total. The van der Waals surface area contributed by atoms with E-state index in [1.54, 1.807) is 30.3 Å². The smallest absolute Gasteiger partial charge is 0.256 e. The number of H-pyrrole nitrogens is 2. The van der Waals surface area contributed by atoms with Gasteiger partial charge in [0.05, 0.1) is 22.0 Å². The minimum atomic E-state index is -0.744. The van der Waals surface area contributed by atoms with Crippen LogP contribution in [0.1, 0.15) is 0 Å². The van der Waals surface area contributed by atoms with E-state index in [1.165, 1.54) is 24.5 Å². The molecule has 0 bridgehead atoms. The molecule has 0 saturated heterocycles. The Morgan fingerprint density at radius 1 is 0.818 bits per heavy atom. The summed E-state index contributed by atoms with van der Waals surface area (Å²) in [4.78, 5) is 26.8. The topological polar surface area (TPSA) is 74.4 Å². The van der Waals surface area contributed by atoms with E-state index in [2.05, 4.69) is 19.9 Å². The molecule has 6 rings (SSSR count). The largest absolute Gasteiger partial charge is 0.337 e. The molecule has 0 aliphatic carbocycles. The lowest BCUT2D eigenvalue weighted by molar-refractivity contribution is 0.584. The number of hydrogen-bond donors (Lipinski definition) is 2. The quantitative estimate of drug-likeness (QED) is 0.267. The molecule has 3 aromatic carbocycles. The van der Waals surface area contributed by atoms with Crippen LogP contribution in [0.15, 0.2) is 71.8 Å². The highest BCUT2D eigenvalue weighted by Gasteiger charge is 2.19. The summed E-state index contributed by atoms with van der Waals surface area (Å²) in [7, 11) is 0. The van der Waals surface area contributed by atoms with Crippen molar-refractivity contribution < 1.29 is 13.2 Å². The first-order valence-electron chi connectivity index (χ1n) is 10.0. The van der Waals surface area contributed by atoms with Gasteiger partial charge in [-0.2, -0.15) is 4.39 Å². The summed E-state index contributed by atoms with van der Waals surface area (Å²) in [5.41, 5.74) is 1.79. The predicted molar refractivity (Wildman–Crippen MR) is 120 cm³/mol. The van der Waals surface area contributed by atoms with E-state index in [9.17, 15) is 18.0 Å². The maximum atomic E-state index is 14.4. The molecule has 0 amide bonds. The number of pyridine rings is 2. The fourth-order valence-electron chi connectivity index (χ4n) is 4.24. The number of hydrogen-bond acceptors (Lipinski definition) is 3. The molecule has 33 heavy (non-hydrogen) atoms. The molecule has 0 fully saturated rings. The standard InChI is InChI=1S/C25H13F3N4O/c26-17-2-1-3-18(27)21(17)24-31-22-14-6-4-12(13-5-7-19(28)30-11-13)10-16(14)20-15(23(22)32-24)8-9-29-25(20)33/h1-11H,(H,29,33)(H,31,32). The fourth-order valence-corrected chi connectivity index (χ4v) is 4.24. The van der Waals surface area contributed by atoms with Gasteiger partial charge in [0.25, 0.3) is 5.56 Å². The minimum absolute atomic E-state index is 0.0292. The Hall–Kier alpha value is -4.46. The van der Waals surface area contributed by atoms with Crippen LogP contribution in [-0.2, 0) is 0 Å². The van der Waals surface area contributed by atoms with E-state index in [1.807, 2.05) is 0 Å². The van der Waals surface area contributed by atoms with Gasteiger partial charge in [0.2, 0.25) is 5.95 Å². The van der Waals surface area contributed by atoms with Gasteiger partial charge in [0.15, 0.2) is 0 Å². The number of imidazole rings is 1. The number of nitrogens with one attached hydrogen (secondary N) is 2. The lowest BCUT2D eigenvalue weighted by Crippen LogP contribution is -2.05. The Morgan fingerprint density at radius 2 is 1.61 bits per heavy atom.